The summed E-state index contributed by atoms with van der Waals surface area (Å²) < 4.78 is 0. The Labute approximate surface area is 121 Å². The highest BCUT2D eigenvalue weighted by molar-refractivity contribution is 6.30. The van der Waals surface area contributed by atoms with Gasteiger partial charge in [0.05, 0.1) is 0 Å². The Morgan fingerprint density at radius 2 is 2.11 bits per heavy atom. The molecule has 1 aromatic rings. The van der Waals surface area contributed by atoms with E-state index < -0.39 is 0 Å². The molecule has 2 nitrogen and oxygen atoms in total. The van der Waals surface area contributed by atoms with Crippen LogP contribution in [-0.2, 0) is 6.54 Å². The van der Waals surface area contributed by atoms with Crippen molar-refractivity contribution >= 4 is 11.6 Å². The summed E-state index contributed by atoms with van der Waals surface area (Å²) in [7, 11) is 0. The van der Waals surface area contributed by atoms with Crippen LogP contribution in [0, 0.1) is 11.8 Å². The minimum Gasteiger partial charge on any atom is -0.508 e. The molecular weight excluding hydrogens is 258 g/mol. The number of phenolic OH excluding ortho intramolecular Hbond substituents is 1. The maximum Gasteiger partial charge on any atom is 0.120 e. The molecule has 0 spiro atoms. The van der Waals surface area contributed by atoms with Crippen LogP contribution in [0.15, 0.2) is 18.2 Å². The average Bonchev–Trinajstić information content (AvgIpc) is 2.59. The van der Waals surface area contributed by atoms with E-state index in [4.69, 9.17) is 11.6 Å². The van der Waals surface area contributed by atoms with Crippen LogP contribution in [0.3, 0.4) is 0 Å². The lowest BCUT2D eigenvalue weighted by molar-refractivity contribution is 0.261. The van der Waals surface area contributed by atoms with Crippen molar-refractivity contribution in [3.8, 4) is 5.75 Å². The fourth-order valence-electron chi connectivity index (χ4n) is 2.93. The first kappa shape index (κ1) is 14.7. The Bertz CT molecular complexity index is 419. The maximum atomic E-state index is 9.89. The van der Waals surface area contributed by atoms with E-state index in [0.29, 0.717) is 10.8 Å². The Kier molecular flexibility index (Phi) is 5.12. The van der Waals surface area contributed by atoms with E-state index in [1.807, 2.05) is 6.07 Å². The molecule has 0 saturated carbocycles. The predicted molar refractivity (Wildman–Crippen MR) is 80.6 cm³/mol. The zero-order chi connectivity index (χ0) is 13.8. The molecule has 106 valence electrons. The molecule has 0 amide bonds. The highest BCUT2D eigenvalue weighted by Gasteiger charge is 2.20. The van der Waals surface area contributed by atoms with Crippen LogP contribution in [-0.4, -0.2) is 23.1 Å². The van der Waals surface area contributed by atoms with Crippen LogP contribution >= 0.6 is 11.6 Å². The summed E-state index contributed by atoms with van der Waals surface area (Å²) in [6.45, 7) is 7.69. The zero-order valence-corrected chi connectivity index (χ0v) is 12.7. The van der Waals surface area contributed by atoms with E-state index in [1.165, 1.54) is 19.3 Å². The molecule has 0 bridgehead atoms. The molecule has 1 fully saturated rings. The average molecular weight is 282 g/mol. The van der Waals surface area contributed by atoms with E-state index in [1.54, 1.807) is 12.1 Å². The second kappa shape index (κ2) is 6.62. The summed E-state index contributed by atoms with van der Waals surface area (Å²) in [6.07, 6.45) is 3.85. The maximum absolute atomic E-state index is 9.89. The second-order valence-corrected chi connectivity index (χ2v) is 6.42. The molecule has 1 heterocycles. The summed E-state index contributed by atoms with van der Waals surface area (Å²) in [4.78, 5) is 2.44. The first-order valence-electron chi connectivity index (χ1n) is 7.26. The normalized spacial score (nSPS) is 21.6. The topological polar surface area (TPSA) is 23.5 Å². The third-order valence-electron chi connectivity index (χ3n) is 4.24. The van der Waals surface area contributed by atoms with Crippen LogP contribution in [0.1, 0.15) is 38.7 Å². The number of likely N-dealkylation sites (tertiary alicyclic amines) is 1. The van der Waals surface area contributed by atoms with Crippen LogP contribution < -0.4 is 0 Å². The number of phenols is 1. The number of halogens is 1. The molecule has 19 heavy (non-hydrogen) atoms. The minimum atomic E-state index is 0.356. The van der Waals surface area contributed by atoms with Gasteiger partial charge < -0.3 is 5.11 Å². The molecular formula is C16H24ClNO. The van der Waals surface area contributed by atoms with E-state index >= 15 is 0 Å². The van der Waals surface area contributed by atoms with Gasteiger partial charge in [-0.25, -0.2) is 0 Å². The highest BCUT2D eigenvalue weighted by Crippen LogP contribution is 2.27. The van der Waals surface area contributed by atoms with Crippen LogP contribution in [0.2, 0.25) is 5.02 Å². The molecule has 1 aliphatic heterocycles. The van der Waals surface area contributed by atoms with Gasteiger partial charge in [-0.3, -0.25) is 4.90 Å². The molecule has 1 saturated heterocycles. The fraction of sp³-hybridized carbons (Fsp3) is 0.625. The van der Waals surface area contributed by atoms with Crippen molar-refractivity contribution in [3.05, 3.63) is 28.8 Å². The number of hydrogen-bond acceptors (Lipinski definition) is 2. The van der Waals surface area contributed by atoms with Gasteiger partial charge in [-0.1, -0.05) is 25.4 Å². The Balaban J connectivity index is 1.98. The lowest BCUT2D eigenvalue weighted by Crippen LogP contribution is -2.24. The van der Waals surface area contributed by atoms with Crippen molar-refractivity contribution in [1.29, 1.82) is 0 Å². The summed E-state index contributed by atoms with van der Waals surface area (Å²) in [5, 5.41) is 10.6. The van der Waals surface area contributed by atoms with Crippen molar-refractivity contribution in [2.75, 3.05) is 13.1 Å². The van der Waals surface area contributed by atoms with Gasteiger partial charge >= 0.3 is 0 Å². The van der Waals surface area contributed by atoms with Crippen LogP contribution in [0.5, 0.6) is 5.75 Å². The van der Waals surface area contributed by atoms with Crippen molar-refractivity contribution < 1.29 is 5.11 Å². The van der Waals surface area contributed by atoms with Gasteiger partial charge in [-0.05, 0) is 62.4 Å². The SMILES string of the molecule is CC(C)C1CCCN(Cc2cc(Cl)ccc2O)CC1. The largest absolute Gasteiger partial charge is 0.508 e. The summed E-state index contributed by atoms with van der Waals surface area (Å²) in [5.74, 6) is 1.98. The molecule has 0 aliphatic carbocycles. The van der Waals surface area contributed by atoms with Gasteiger partial charge in [0.1, 0.15) is 5.75 Å². The molecule has 1 unspecified atom stereocenters. The molecule has 0 radical (unpaired) electrons. The van der Waals surface area contributed by atoms with E-state index in [2.05, 4.69) is 18.7 Å². The van der Waals surface area contributed by atoms with E-state index in [-0.39, 0.29) is 0 Å². The Morgan fingerprint density at radius 1 is 1.32 bits per heavy atom. The highest BCUT2D eigenvalue weighted by atomic mass is 35.5. The first-order chi connectivity index (χ1) is 9.06. The number of benzene rings is 1. The molecule has 3 heteroatoms. The van der Waals surface area contributed by atoms with E-state index in [9.17, 15) is 5.11 Å². The first-order valence-corrected chi connectivity index (χ1v) is 7.64. The molecule has 1 atom stereocenters. The second-order valence-electron chi connectivity index (χ2n) is 5.98. The third kappa shape index (κ3) is 4.12. The molecule has 2 rings (SSSR count). The number of nitrogens with zero attached hydrogens (tertiary/aromatic N) is 1. The summed E-state index contributed by atoms with van der Waals surface area (Å²) >= 11 is 6.00. The standard InChI is InChI=1S/C16H24ClNO/c1-12(2)13-4-3-8-18(9-7-13)11-14-10-15(17)5-6-16(14)19/h5-6,10,12-13,19H,3-4,7-9,11H2,1-2H3. The summed E-state index contributed by atoms with van der Waals surface area (Å²) in [6, 6.07) is 5.30. The number of rotatable bonds is 3. The lowest BCUT2D eigenvalue weighted by atomic mass is 9.89. The lowest BCUT2D eigenvalue weighted by Gasteiger charge is -2.21. The van der Waals surface area contributed by atoms with Gasteiger partial charge in [0.15, 0.2) is 0 Å². The smallest absolute Gasteiger partial charge is 0.120 e. The van der Waals surface area contributed by atoms with Gasteiger partial charge in [-0.2, -0.15) is 0 Å². The predicted octanol–water partition coefficient (Wildman–Crippen LogP) is 4.30. The van der Waals surface area contributed by atoms with Crippen molar-refractivity contribution in [2.45, 2.75) is 39.7 Å². The third-order valence-corrected chi connectivity index (χ3v) is 4.48. The fourth-order valence-corrected chi connectivity index (χ4v) is 3.12. The Hall–Kier alpha value is -0.730. The molecule has 1 N–H and O–H groups in total. The zero-order valence-electron chi connectivity index (χ0n) is 11.9. The monoisotopic (exact) mass is 281 g/mol. The summed E-state index contributed by atoms with van der Waals surface area (Å²) in [5.41, 5.74) is 0.940. The minimum absolute atomic E-state index is 0.356. The van der Waals surface area contributed by atoms with Gasteiger partial charge in [-0.15, -0.1) is 0 Å². The van der Waals surface area contributed by atoms with Gasteiger partial charge in [0, 0.05) is 17.1 Å². The van der Waals surface area contributed by atoms with Crippen molar-refractivity contribution in [2.24, 2.45) is 11.8 Å². The number of hydrogen-bond donors (Lipinski definition) is 1. The van der Waals surface area contributed by atoms with Crippen LogP contribution in [0.25, 0.3) is 0 Å². The van der Waals surface area contributed by atoms with E-state index in [0.717, 1.165) is 37.0 Å². The van der Waals surface area contributed by atoms with Gasteiger partial charge in [0.2, 0.25) is 0 Å². The Morgan fingerprint density at radius 3 is 2.84 bits per heavy atom. The van der Waals surface area contributed by atoms with Gasteiger partial charge in [0.25, 0.3) is 0 Å². The molecule has 1 aliphatic rings. The molecule has 1 aromatic carbocycles. The number of aromatic hydroxyl groups is 1. The van der Waals surface area contributed by atoms with Crippen LogP contribution in [0.4, 0.5) is 0 Å². The quantitative estimate of drug-likeness (QED) is 0.893. The van der Waals surface area contributed by atoms with Crippen molar-refractivity contribution in [1.82, 2.24) is 4.90 Å². The molecule has 0 aromatic heterocycles. The van der Waals surface area contributed by atoms with Crippen molar-refractivity contribution in [3.63, 3.8) is 0 Å².